The van der Waals surface area contributed by atoms with Gasteiger partial charge in [-0.1, -0.05) is 12.1 Å². The van der Waals surface area contributed by atoms with Gasteiger partial charge in [-0.2, -0.15) is 11.3 Å². The molecule has 0 aliphatic carbocycles. The van der Waals surface area contributed by atoms with Gasteiger partial charge >= 0.3 is 0 Å². The highest BCUT2D eigenvalue weighted by Crippen LogP contribution is 2.42. The van der Waals surface area contributed by atoms with Crippen LogP contribution in [0.3, 0.4) is 0 Å². The van der Waals surface area contributed by atoms with Gasteiger partial charge in [-0.05, 0) is 45.6 Å². The molecule has 2 atom stereocenters. The van der Waals surface area contributed by atoms with Crippen molar-refractivity contribution < 1.29 is 9.53 Å². The van der Waals surface area contributed by atoms with E-state index < -0.39 is 5.60 Å². The quantitative estimate of drug-likeness (QED) is 0.635. The van der Waals surface area contributed by atoms with Gasteiger partial charge in [0.15, 0.2) is 5.60 Å². The monoisotopic (exact) mass is 420 g/mol. The molecule has 2 fully saturated rings. The molecule has 0 aromatic carbocycles. The number of rotatable bonds is 5. The smallest absolute Gasteiger partial charge is 0.257 e. The number of morpholine rings is 1. The normalized spacial score (nSPS) is 24.6. The Morgan fingerprint density at radius 1 is 1.10 bits per heavy atom. The first kappa shape index (κ1) is 19.4. The minimum absolute atomic E-state index is 0.0550. The number of aromatic nitrogens is 2. The summed E-state index contributed by atoms with van der Waals surface area (Å²) in [6, 6.07) is 10.1. The lowest BCUT2D eigenvalue weighted by atomic mass is 9.83. The number of hydrogen-bond donors (Lipinski definition) is 0. The Labute approximate surface area is 180 Å². The Kier molecular flexibility index (Phi) is 5.33. The summed E-state index contributed by atoms with van der Waals surface area (Å²) in [4.78, 5) is 26.6. The van der Waals surface area contributed by atoms with Gasteiger partial charge in [-0.25, -0.2) is 0 Å². The van der Waals surface area contributed by atoms with Crippen LogP contribution in [0.1, 0.15) is 22.6 Å². The molecule has 6 nitrogen and oxygen atoms in total. The van der Waals surface area contributed by atoms with E-state index in [0.717, 1.165) is 24.2 Å². The second kappa shape index (κ2) is 8.26. The summed E-state index contributed by atoms with van der Waals surface area (Å²) in [5.41, 5.74) is 2.49. The van der Waals surface area contributed by atoms with Crippen molar-refractivity contribution >= 4 is 17.2 Å². The van der Waals surface area contributed by atoms with Crippen LogP contribution in [-0.2, 0) is 22.6 Å². The molecule has 0 N–H and O–H groups in total. The highest BCUT2D eigenvalue weighted by atomic mass is 32.1. The van der Waals surface area contributed by atoms with E-state index in [9.17, 15) is 4.79 Å². The highest BCUT2D eigenvalue weighted by Gasteiger charge is 2.56. The fourth-order valence-corrected chi connectivity index (χ4v) is 5.29. The molecule has 0 bridgehead atoms. The molecule has 1 spiro atoms. The largest absolute Gasteiger partial charge is 0.361 e. The molecule has 2 saturated heterocycles. The van der Waals surface area contributed by atoms with Crippen molar-refractivity contribution in [2.24, 2.45) is 0 Å². The molecular weight excluding hydrogens is 396 g/mol. The number of thiophene rings is 1. The molecule has 5 heterocycles. The Hall–Kier alpha value is -2.61. The number of pyridine rings is 2. The molecule has 5 rings (SSSR count). The van der Waals surface area contributed by atoms with Gasteiger partial charge in [-0.15, -0.1) is 0 Å². The third kappa shape index (κ3) is 3.64. The predicted octanol–water partition coefficient (Wildman–Crippen LogP) is 2.94. The van der Waals surface area contributed by atoms with E-state index in [-0.39, 0.29) is 11.8 Å². The average molecular weight is 421 g/mol. The maximum absolute atomic E-state index is 13.8. The van der Waals surface area contributed by atoms with Gasteiger partial charge in [0.25, 0.3) is 5.91 Å². The third-order valence-corrected chi connectivity index (χ3v) is 6.73. The zero-order valence-electron chi connectivity index (χ0n) is 16.7. The van der Waals surface area contributed by atoms with Crippen molar-refractivity contribution in [1.82, 2.24) is 19.8 Å². The summed E-state index contributed by atoms with van der Waals surface area (Å²) in [5, 5.41) is 4.16. The van der Waals surface area contributed by atoms with Crippen LogP contribution in [0.4, 0.5) is 0 Å². The summed E-state index contributed by atoms with van der Waals surface area (Å²) in [6.07, 6.45) is 7.30. The molecule has 30 heavy (non-hydrogen) atoms. The lowest BCUT2D eigenvalue weighted by Gasteiger charge is -2.42. The Morgan fingerprint density at radius 2 is 1.97 bits per heavy atom. The van der Waals surface area contributed by atoms with E-state index in [1.807, 2.05) is 29.4 Å². The minimum Gasteiger partial charge on any atom is -0.361 e. The molecule has 3 aromatic rings. The van der Waals surface area contributed by atoms with Crippen molar-refractivity contribution in [3.05, 3.63) is 82.6 Å². The summed E-state index contributed by atoms with van der Waals surface area (Å²) in [7, 11) is 0. The summed E-state index contributed by atoms with van der Waals surface area (Å²) < 4.78 is 6.35. The number of likely N-dealkylation sites (tertiary alicyclic amines) is 1. The van der Waals surface area contributed by atoms with Crippen molar-refractivity contribution in [3.63, 3.8) is 0 Å². The van der Waals surface area contributed by atoms with Crippen LogP contribution in [0, 0.1) is 0 Å². The molecule has 0 radical (unpaired) electrons. The van der Waals surface area contributed by atoms with Gasteiger partial charge in [0.05, 0.1) is 6.61 Å². The van der Waals surface area contributed by atoms with Crippen molar-refractivity contribution in [3.8, 4) is 0 Å². The zero-order valence-corrected chi connectivity index (χ0v) is 17.5. The molecule has 154 valence electrons. The lowest BCUT2D eigenvalue weighted by Crippen LogP contribution is -2.59. The maximum Gasteiger partial charge on any atom is 0.257 e. The average Bonchev–Trinajstić information content (AvgIpc) is 3.41. The predicted molar refractivity (Wildman–Crippen MR) is 115 cm³/mol. The topological polar surface area (TPSA) is 58.6 Å². The van der Waals surface area contributed by atoms with Gasteiger partial charge in [0.1, 0.15) is 0 Å². The van der Waals surface area contributed by atoms with Crippen LogP contribution in [-0.4, -0.2) is 57.5 Å². The third-order valence-electron chi connectivity index (χ3n) is 6.00. The number of nitrogens with zero attached hydrogens (tertiary/aromatic N) is 4. The number of amides is 1. The van der Waals surface area contributed by atoms with Crippen LogP contribution in [0.2, 0.25) is 0 Å². The molecule has 0 saturated carbocycles. The summed E-state index contributed by atoms with van der Waals surface area (Å²) in [6.45, 7) is 3.87. The molecule has 2 aliphatic rings. The number of ether oxygens (including phenoxy) is 1. The van der Waals surface area contributed by atoms with E-state index >= 15 is 0 Å². The second-order valence-corrected chi connectivity index (χ2v) is 8.75. The first-order valence-electron chi connectivity index (χ1n) is 10.2. The zero-order chi connectivity index (χ0) is 20.4. The Morgan fingerprint density at radius 3 is 2.70 bits per heavy atom. The fraction of sp³-hybridized carbons (Fsp3) is 0.348. The molecule has 2 aliphatic heterocycles. The molecule has 3 aromatic heterocycles. The lowest BCUT2D eigenvalue weighted by molar-refractivity contribution is -0.173. The van der Waals surface area contributed by atoms with Crippen LogP contribution in [0.25, 0.3) is 0 Å². The molecule has 0 unspecified atom stereocenters. The summed E-state index contributed by atoms with van der Waals surface area (Å²) >= 11 is 1.66. The minimum atomic E-state index is -0.875. The Bertz CT molecular complexity index is 983. The second-order valence-electron chi connectivity index (χ2n) is 7.97. The van der Waals surface area contributed by atoms with Crippen LogP contribution in [0.15, 0.2) is 65.9 Å². The Balaban J connectivity index is 1.45. The highest BCUT2D eigenvalue weighted by molar-refractivity contribution is 7.07. The molecule has 1 amide bonds. The van der Waals surface area contributed by atoms with Crippen molar-refractivity contribution in [2.75, 3.05) is 26.2 Å². The van der Waals surface area contributed by atoms with Crippen LogP contribution < -0.4 is 0 Å². The van der Waals surface area contributed by atoms with Crippen LogP contribution in [0.5, 0.6) is 0 Å². The van der Waals surface area contributed by atoms with Gasteiger partial charge < -0.3 is 9.64 Å². The SMILES string of the molecule is O=C1N(Cc2ccsc2)CCO[C@@]12CN(Cc1cccnc1)C[C@@H]2c1cccnc1. The van der Waals surface area contributed by atoms with Gasteiger partial charge in [-0.3, -0.25) is 19.7 Å². The summed E-state index contributed by atoms with van der Waals surface area (Å²) in [5.74, 6) is 0.0307. The van der Waals surface area contributed by atoms with E-state index in [4.69, 9.17) is 4.74 Å². The van der Waals surface area contributed by atoms with Gasteiger partial charge in [0, 0.05) is 63.4 Å². The standard InChI is InChI=1S/C23H24N4O2S/c28-22-23(29-9-8-27(22)14-19-5-10-30-16-19)17-26(13-18-3-1-6-24-11-18)15-21(23)20-4-2-7-25-12-20/h1-7,10-12,16,21H,8-9,13-15,17H2/t21-,23-/m1/s1. The number of carbonyl (C=O) groups is 1. The molecular formula is C23H24N4O2S. The van der Waals surface area contributed by atoms with E-state index in [2.05, 4.69) is 43.8 Å². The first-order valence-corrected chi connectivity index (χ1v) is 11.1. The molecule has 7 heteroatoms. The maximum atomic E-state index is 13.8. The van der Waals surface area contributed by atoms with Crippen LogP contribution >= 0.6 is 11.3 Å². The number of hydrogen-bond acceptors (Lipinski definition) is 6. The van der Waals surface area contributed by atoms with E-state index in [1.165, 1.54) is 5.56 Å². The van der Waals surface area contributed by atoms with E-state index in [1.54, 1.807) is 23.7 Å². The van der Waals surface area contributed by atoms with Crippen molar-refractivity contribution in [2.45, 2.75) is 24.6 Å². The van der Waals surface area contributed by atoms with E-state index in [0.29, 0.717) is 26.2 Å². The van der Waals surface area contributed by atoms with Crippen molar-refractivity contribution in [1.29, 1.82) is 0 Å². The first-order chi connectivity index (χ1) is 14.7. The number of carbonyl (C=O) groups excluding carboxylic acids is 1. The fourth-order valence-electron chi connectivity index (χ4n) is 4.63. The van der Waals surface area contributed by atoms with Gasteiger partial charge in [0.2, 0.25) is 0 Å².